The van der Waals surface area contributed by atoms with Gasteiger partial charge in [-0.1, -0.05) is 19.9 Å². The molecule has 0 spiro atoms. The highest BCUT2D eigenvalue weighted by atomic mass is 16.4. The van der Waals surface area contributed by atoms with Gasteiger partial charge in [-0.2, -0.15) is 0 Å². The molecular formula is C14H20N2O2. The van der Waals surface area contributed by atoms with Gasteiger partial charge < -0.3 is 10.4 Å². The number of nitrogens with zero attached hydrogens (tertiary/aromatic N) is 1. The molecule has 18 heavy (non-hydrogen) atoms. The van der Waals surface area contributed by atoms with Gasteiger partial charge in [-0.15, -0.1) is 0 Å². The Kier molecular flexibility index (Phi) is 3.39. The summed E-state index contributed by atoms with van der Waals surface area (Å²) in [5.74, 6) is -0.675. The largest absolute Gasteiger partial charge is 0.481 e. The van der Waals surface area contributed by atoms with E-state index in [4.69, 9.17) is 5.11 Å². The topological polar surface area (TPSA) is 62.2 Å². The predicted octanol–water partition coefficient (Wildman–Crippen LogP) is 1.81. The summed E-state index contributed by atoms with van der Waals surface area (Å²) >= 11 is 0. The molecule has 0 bridgehead atoms. The fourth-order valence-corrected chi connectivity index (χ4v) is 2.09. The van der Waals surface area contributed by atoms with Crippen LogP contribution < -0.4 is 5.32 Å². The number of hydrogen-bond acceptors (Lipinski definition) is 3. The molecule has 0 radical (unpaired) electrons. The number of carboxylic acid groups (broad SMARTS) is 1. The van der Waals surface area contributed by atoms with Crippen LogP contribution in [-0.2, 0) is 10.2 Å². The number of carbonyl (C=O) groups is 1. The van der Waals surface area contributed by atoms with E-state index >= 15 is 0 Å². The van der Waals surface area contributed by atoms with Crippen LogP contribution in [0.2, 0.25) is 0 Å². The van der Waals surface area contributed by atoms with Crippen molar-refractivity contribution in [1.29, 1.82) is 0 Å². The van der Waals surface area contributed by atoms with Gasteiger partial charge in [-0.3, -0.25) is 9.78 Å². The average molecular weight is 248 g/mol. The lowest BCUT2D eigenvalue weighted by Crippen LogP contribution is -2.38. The number of nitrogens with one attached hydrogen (secondary N) is 1. The van der Waals surface area contributed by atoms with E-state index in [1.165, 1.54) is 0 Å². The SMILES string of the molecule is CC(C)(CNCC1(C(=O)O)CC1)c1ccccn1. The highest BCUT2D eigenvalue weighted by Crippen LogP contribution is 2.45. The third-order valence-electron chi connectivity index (χ3n) is 3.70. The Hall–Kier alpha value is -1.42. The van der Waals surface area contributed by atoms with Crippen molar-refractivity contribution in [2.45, 2.75) is 32.1 Å². The van der Waals surface area contributed by atoms with E-state index in [9.17, 15) is 4.79 Å². The van der Waals surface area contributed by atoms with E-state index in [2.05, 4.69) is 24.1 Å². The number of rotatable bonds is 6. The van der Waals surface area contributed by atoms with Crippen LogP contribution in [0, 0.1) is 5.41 Å². The smallest absolute Gasteiger partial charge is 0.310 e. The fraction of sp³-hybridized carbons (Fsp3) is 0.571. The maximum Gasteiger partial charge on any atom is 0.310 e. The third-order valence-corrected chi connectivity index (χ3v) is 3.70. The standard InChI is InChI=1S/C14H20N2O2/c1-13(2,11-5-3-4-8-16-11)9-15-10-14(6-7-14)12(17)18/h3-5,8,15H,6-7,9-10H2,1-2H3,(H,17,18). The summed E-state index contributed by atoms with van der Waals surface area (Å²) < 4.78 is 0. The van der Waals surface area contributed by atoms with Crippen molar-refractivity contribution in [3.8, 4) is 0 Å². The van der Waals surface area contributed by atoms with Gasteiger partial charge in [-0.05, 0) is 25.0 Å². The minimum atomic E-state index is -0.675. The number of hydrogen-bond donors (Lipinski definition) is 2. The first-order chi connectivity index (χ1) is 8.46. The molecule has 2 N–H and O–H groups in total. The molecule has 4 heteroatoms. The molecule has 0 atom stereocenters. The molecule has 0 aromatic carbocycles. The number of aromatic nitrogens is 1. The Balaban J connectivity index is 1.88. The molecule has 4 nitrogen and oxygen atoms in total. The predicted molar refractivity (Wildman–Crippen MR) is 69.4 cm³/mol. The Labute approximate surface area is 107 Å². The molecule has 1 aromatic heterocycles. The van der Waals surface area contributed by atoms with Gasteiger partial charge in [0.05, 0.1) is 5.41 Å². The third kappa shape index (κ3) is 2.70. The van der Waals surface area contributed by atoms with Crippen LogP contribution in [0.15, 0.2) is 24.4 Å². The lowest BCUT2D eigenvalue weighted by Gasteiger charge is -2.25. The lowest BCUT2D eigenvalue weighted by atomic mass is 9.88. The van der Waals surface area contributed by atoms with Gasteiger partial charge in [0.15, 0.2) is 0 Å². The van der Waals surface area contributed by atoms with Gasteiger partial charge in [0.1, 0.15) is 0 Å². The molecule has 2 rings (SSSR count). The molecular weight excluding hydrogens is 228 g/mol. The average Bonchev–Trinajstić information content (AvgIpc) is 3.11. The molecule has 0 saturated heterocycles. The maximum absolute atomic E-state index is 11.1. The molecule has 0 unspecified atom stereocenters. The minimum absolute atomic E-state index is 0.0875. The Morgan fingerprint density at radius 2 is 2.22 bits per heavy atom. The summed E-state index contributed by atoms with van der Waals surface area (Å²) in [6.45, 7) is 5.52. The van der Waals surface area contributed by atoms with Gasteiger partial charge in [-0.25, -0.2) is 0 Å². The van der Waals surface area contributed by atoms with Crippen LogP contribution in [0.5, 0.6) is 0 Å². The summed E-state index contributed by atoms with van der Waals surface area (Å²) in [6, 6.07) is 5.88. The Morgan fingerprint density at radius 3 is 2.72 bits per heavy atom. The van der Waals surface area contributed by atoms with Crippen molar-refractivity contribution in [3.63, 3.8) is 0 Å². The maximum atomic E-state index is 11.1. The zero-order valence-corrected chi connectivity index (χ0v) is 10.9. The van der Waals surface area contributed by atoms with Crippen molar-refractivity contribution in [3.05, 3.63) is 30.1 Å². The molecule has 1 fully saturated rings. The molecule has 1 heterocycles. The number of carboxylic acids is 1. The quantitative estimate of drug-likeness (QED) is 0.806. The zero-order chi connectivity index (χ0) is 13.2. The molecule has 0 aliphatic heterocycles. The first-order valence-electron chi connectivity index (χ1n) is 6.32. The Morgan fingerprint density at radius 1 is 1.50 bits per heavy atom. The molecule has 1 saturated carbocycles. The zero-order valence-electron chi connectivity index (χ0n) is 10.9. The van der Waals surface area contributed by atoms with Crippen LogP contribution in [0.4, 0.5) is 0 Å². The van der Waals surface area contributed by atoms with E-state index in [-0.39, 0.29) is 5.41 Å². The number of pyridine rings is 1. The van der Waals surface area contributed by atoms with Gasteiger partial charge in [0, 0.05) is 30.4 Å². The highest BCUT2D eigenvalue weighted by molar-refractivity contribution is 5.78. The summed E-state index contributed by atoms with van der Waals surface area (Å²) in [5, 5.41) is 12.4. The molecule has 1 aromatic rings. The van der Waals surface area contributed by atoms with Crippen molar-refractivity contribution < 1.29 is 9.90 Å². The molecule has 1 aliphatic rings. The van der Waals surface area contributed by atoms with E-state index in [1.807, 2.05) is 18.2 Å². The second kappa shape index (κ2) is 4.69. The Bertz CT molecular complexity index is 425. The van der Waals surface area contributed by atoms with E-state index in [0.717, 1.165) is 25.1 Å². The van der Waals surface area contributed by atoms with Gasteiger partial charge in [0.2, 0.25) is 0 Å². The van der Waals surface area contributed by atoms with Crippen LogP contribution in [0.25, 0.3) is 0 Å². The van der Waals surface area contributed by atoms with Crippen LogP contribution in [-0.4, -0.2) is 29.1 Å². The van der Waals surface area contributed by atoms with Crippen LogP contribution in [0.1, 0.15) is 32.4 Å². The summed E-state index contributed by atoms with van der Waals surface area (Å²) in [5.41, 5.74) is 0.438. The van der Waals surface area contributed by atoms with Crippen LogP contribution in [0.3, 0.4) is 0 Å². The summed E-state index contributed by atoms with van der Waals surface area (Å²) in [6.07, 6.45) is 3.37. The lowest BCUT2D eigenvalue weighted by molar-refractivity contribution is -0.143. The van der Waals surface area contributed by atoms with Gasteiger partial charge in [0.25, 0.3) is 0 Å². The van der Waals surface area contributed by atoms with Crippen molar-refractivity contribution in [2.24, 2.45) is 5.41 Å². The first-order valence-corrected chi connectivity index (χ1v) is 6.32. The number of aliphatic carboxylic acids is 1. The van der Waals surface area contributed by atoms with E-state index in [1.54, 1.807) is 6.20 Å². The summed E-state index contributed by atoms with van der Waals surface area (Å²) in [4.78, 5) is 15.4. The summed E-state index contributed by atoms with van der Waals surface area (Å²) in [7, 11) is 0. The van der Waals surface area contributed by atoms with E-state index in [0.29, 0.717) is 6.54 Å². The first kappa shape index (κ1) is 13.0. The van der Waals surface area contributed by atoms with Crippen molar-refractivity contribution in [1.82, 2.24) is 10.3 Å². The fourth-order valence-electron chi connectivity index (χ4n) is 2.09. The van der Waals surface area contributed by atoms with Crippen molar-refractivity contribution in [2.75, 3.05) is 13.1 Å². The van der Waals surface area contributed by atoms with Crippen molar-refractivity contribution >= 4 is 5.97 Å². The highest BCUT2D eigenvalue weighted by Gasteiger charge is 2.49. The minimum Gasteiger partial charge on any atom is -0.481 e. The van der Waals surface area contributed by atoms with Crippen LogP contribution >= 0.6 is 0 Å². The monoisotopic (exact) mass is 248 g/mol. The second-order valence-corrected chi connectivity index (χ2v) is 5.79. The molecule has 1 aliphatic carbocycles. The van der Waals surface area contributed by atoms with Gasteiger partial charge >= 0.3 is 5.97 Å². The molecule has 0 amide bonds. The normalized spacial score (nSPS) is 17.4. The van der Waals surface area contributed by atoms with E-state index < -0.39 is 11.4 Å². The second-order valence-electron chi connectivity index (χ2n) is 5.79. The molecule has 98 valence electrons.